The minimum absolute atomic E-state index is 0. The third kappa shape index (κ3) is 5.96. The standard InChI is InChI=1S/C21H20O5.Na/c22-18-14-20(21(23)24)26-19-13-16(10-11-17(18)19)25-12-6-2-5-9-15-7-3-1-4-8-15;/h1,3-4,7-8,10-11,13-14H,2,5-6,9,12H2,(H,23,24);/q;+1/p-1. The maximum atomic E-state index is 11.9. The second-order valence-electron chi connectivity index (χ2n) is 6.07. The maximum absolute atomic E-state index is 11.9. The Morgan fingerprint density at radius 3 is 2.52 bits per heavy atom. The molecule has 0 N–H and O–H groups in total. The Morgan fingerprint density at radius 1 is 1.00 bits per heavy atom. The number of fused-ring (bicyclic) bond motifs is 1. The first-order chi connectivity index (χ1) is 12.6. The molecule has 3 rings (SSSR count). The molecule has 0 saturated heterocycles. The number of aryl methyl sites for hydroxylation is 1. The van der Waals surface area contributed by atoms with Crippen LogP contribution in [0.3, 0.4) is 0 Å². The molecule has 5 nitrogen and oxygen atoms in total. The van der Waals surface area contributed by atoms with Crippen LogP contribution in [0.5, 0.6) is 5.75 Å². The number of aromatic carboxylic acids is 1. The number of benzene rings is 2. The Kier molecular flexibility index (Phi) is 8.10. The van der Waals surface area contributed by atoms with E-state index in [-0.39, 0.29) is 35.1 Å². The number of hydrogen-bond donors (Lipinski definition) is 0. The monoisotopic (exact) mass is 374 g/mol. The van der Waals surface area contributed by atoms with Crippen LogP contribution in [0.4, 0.5) is 0 Å². The van der Waals surface area contributed by atoms with E-state index in [1.807, 2.05) is 18.2 Å². The van der Waals surface area contributed by atoms with Gasteiger partial charge in [-0.05, 0) is 43.4 Å². The van der Waals surface area contributed by atoms with Gasteiger partial charge in [0.25, 0.3) is 0 Å². The van der Waals surface area contributed by atoms with Crippen LogP contribution in [-0.4, -0.2) is 12.6 Å². The zero-order valence-electron chi connectivity index (χ0n) is 15.3. The van der Waals surface area contributed by atoms with Crippen LogP contribution in [0.25, 0.3) is 11.0 Å². The Hall–Kier alpha value is -2.08. The van der Waals surface area contributed by atoms with Crippen molar-refractivity contribution >= 4 is 16.9 Å². The second kappa shape index (κ2) is 10.3. The molecule has 0 bridgehead atoms. The van der Waals surface area contributed by atoms with Crippen molar-refractivity contribution in [1.82, 2.24) is 0 Å². The van der Waals surface area contributed by atoms with E-state index in [1.54, 1.807) is 12.1 Å². The van der Waals surface area contributed by atoms with Gasteiger partial charge in [0.2, 0.25) is 0 Å². The average molecular weight is 374 g/mol. The van der Waals surface area contributed by atoms with Gasteiger partial charge in [-0.3, -0.25) is 4.79 Å². The first-order valence-electron chi connectivity index (χ1n) is 8.59. The summed E-state index contributed by atoms with van der Waals surface area (Å²) in [6, 6.07) is 16.1. The van der Waals surface area contributed by atoms with Gasteiger partial charge in [0.1, 0.15) is 17.3 Å². The van der Waals surface area contributed by atoms with Crippen LogP contribution in [0, 0.1) is 0 Å². The predicted octanol–water partition coefficient (Wildman–Crippen LogP) is -0.0477. The molecule has 0 aliphatic heterocycles. The summed E-state index contributed by atoms with van der Waals surface area (Å²) in [5.74, 6) is -1.46. The normalized spacial score (nSPS) is 10.4. The van der Waals surface area contributed by atoms with Crippen molar-refractivity contribution < 1.29 is 48.6 Å². The van der Waals surface area contributed by atoms with Crippen molar-refractivity contribution in [3.8, 4) is 5.75 Å². The Bertz CT molecular complexity index is 950. The van der Waals surface area contributed by atoms with Gasteiger partial charge in [0, 0.05) is 12.1 Å². The van der Waals surface area contributed by atoms with Crippen LogP contribution in [0.15, 0.2) is 63.8 Å². The molecule has 0 spiro atoms. The summed E-state index contributed by atoms with van der Waals surface area (Å²) in [4.78, 5) is 22.8. The van der Waals surface area contributed by atoms with E-state index in [1.165, 1.54) is 11.6 Å². The molecule has 0 amide bonds. The smallest absolute Gasteiger partial charge is 0.542 e. The summed E-state index contributed by atoms with van der Waals surface area (Å²) >= 11 is 0. The van der Waals surface area contributed by atoms with Gasteiger partial charge in [-0.15, -0.1) is 0 Å². The minimum atomic E-state index is -1.52. The van der Waals surface area contributed by atoms with Crippen molar-refractivity contribution in [3.05, 3.63) is 76.1 Å². The molecule has 1 heterocycles. The van der Waals surface area contributed by atoms with E-state index in [4.69, 9.17) is 9.15 Å². The van der Waals surface area contributed by atoms with Crippen LogP contribution >= 0.6 is 0 Å². The van der Waals surface area contributed by atoms with E-state index >= 15 is 0 Å². The molecule has 0 atom stereocenters. The number of carboxylic acids is 1. The molecular weight excluding hydrogens is 355 g/mol. The molecule has 134 valence electrons. The average Bonchev–Trinajstić information content (AvgIpc) is 2.65. The summed E-state index contributed by atoms with van der Waals surface area (Å²) in [5, 5.41) is 11.2. The number of hydrogen-bond acceptors (Lipinski definition) is 5. The molecule has 3 aromatic rings. The molecule has 2 aromatic carbocycles. The fraction of sp³-hybridized carbons (Fsp3) is 0.238. The first-order valence-corrected chi connectivity index (χ1v) is 8.59. The Morgan fingerprint density at radius 2 is 1.78 bits per heavy atom. The largest absolute Gasteiger partial charge is 1.00 e. The Balaban J connectivity index is 0.00000261. The molecule has 0 aliphatic rings. The van der Waals surface area contributed by atoms with Crippen molar-refractivity contribution in [1.29, 1.82) is 0 Å². The van der Waals surface area contributed by atoms with E-state index in [0.717, 1.165) is 31.7 Å². The SMILES string of the molecule is O=C([O-])c1cc(=O)c2ccc(OCCCCCc3ccccc3)cc2o1.[Na+]. The molecule has 6 heteroatoms. The second-order valence-corrected chi connectivity index (χ2v) is 6.07. The molecular formula is C21H19NaO5. The van der Waals surface area contributed by atoms with Gasteiger partial charge in [-0.2, -0.15) is 0 Å². The van der Waals surface area contributed by atoms with Crippen molar-refractivity contribution in [2.45, 2.75) is 25.7 Å². The zero-order valence-corrected chi connectivity index (χ0v) is 17.3. The van der Waals surface area contributed by atoms with Crippen LogP contribution in [0.1, 0.15) is 35.4 Å². The van der Waals surface area contributed by atoms with Crippen LogP contribution in [0.2, 0.25) is 0 Å². The van der Waals surface area contributed by atoms with Gasteiger partial charge in [-0.25, -0.2) is 0 Å². The third-order valence-electron chi connectivity index (χ3n) is 4.12. The first kappa shape index (κ1) is 21.2. The number of carboxylic acid groups (broad SMARTS) is 1. The molecule has 0 unspecified atom stereocenters. The number of rotatable bonds is 8. The molecule has 0 radical (unpaired) electrons. The minimum Gasteiger partial charge on any atom is -0.542 e. The van der Waals surface area contributed by atoms with Gasteiger partial charge in [0.05, 0.1) is 12.0 Å². The zero-order chi connectivity index (χ0) is 18.4. The van der Waals surface area contributed by atoms with Crippen molar-refractivity contribution in [2.24, 2.45) is 0 Å². The van der Waals surface area contributed by atoms with Gasteiger partial charge in [0.15, 0.2) is 11.2 Å². The molecule has 0 aliphatic carbocycles. The van der Waals surface area contributed by atoms with E-state index in [0.29, 0.717) is 17.7 Å². The summed E-state index contributed by atoms with van der Waals surface area (Å²) in [5.41, 5.74) is 1.10. The molecule has 0 fully saturated rings. The van der Waals surface area contributed by atoms with E-state index < -0.39 is 17.2 Å². The number of unbranched alkanes of at least 4 members (excludes halogenated alkanes) is 2. The quantitative estimate of drug-likeness (QED) is 0.408. The Labute approximate surface area is 179 Å². The van der Waals surface area contributed by atoms with Crippen molar-refractivity contribution in [2.75, 3.05) is 6.61 Å². The fourth-order valence-corrected chi connectivity index (χ4v) is 2.77. The summed E-state index contributed by atoms with van der Waals surface area (Å²) < 4.78 is 10.9. The molecule has 0 saturated carbocycles. The number of carbonyl (C=O) groups is 1. The third-order valence-corrected chi connectivity index (χ3v) is 4.12. The fourth-order valence-electron chi connectivity index (χ4n) is 2.77. The summed E-state index contributed by atoms with van der Waals surface area (Å²) in [7, 11) is 0. The van der Waals surface area contributed by atoms with Crippen molar-refractivity contribution in [3.63, 3.8) is 0 Å². The molecule has 1 aromatic heterocycles. The van der Waals surface area contributed by atoms with Gasteiger partial charge < -0.3 is 19.1 Å². The van der Waals surface area contributed by atoms with Crippen LogP contribution in [-0.2, 0) is 6.42 Å². The predicted molar refractivity (Wildman–Crippen MR) is 96.3 cm³/mol. The van der Waals surface area contributed by atoms with E-state index in [9.17, 15) is 14.7 Å². The number of ether oxygens (including phenoxy) is 1. The van der Waals surface area contributed by atoms with E-state index in [2.05, 4.69) is 12.1 Å². The number of carbonyl (C=O) groups excluding carboxylic acids is 1. The van der Waals surface area contributed by atoms with Gasteiger partial charge >= 0.3 is 29.6 Å². The van der Waals surface area contributed by atoms with Crippen LogP contribution < -0.4 is 44.8 Å². The summed E-state index contributed by atoms with van der Waals surface area (Å²) in [6.45, 7) is 0.546. The topological polar surface area (TPSA) is 79.6 Å². The summed E-state index contributed by atoms with van der Waals surface area (Å²) in [6.07, 6.45) is 4.10. The van der Waals surface area contributed by atoms with Gasteiger partial charge in [-0.1, -0.05) is 30.3 Å². The maximum Gasteiger partial charge on any atom is 1.00 e. The molecule has 27 heavy (non-hydrogen) atoms.